The van der Waals surface area contributed by atoms with E-state index in [2.05, 4.69) is 46.3 Å². The maximum absolute atomic E-state index is 6.19. The first-order valence-corrected chi connectivity index (χ1v) is 7.20. The number of hydrogen-bond donors (Lipinski definition) is 1. The summed E-state index contributed by atoms with van der Waals surface area (Å²) in [6, 6.07) is 8.64. The van der Waals surface area contributed by atoms with Crippen LogP contribution in [0.15, 0.2) is 30.5 Å². The van der Waals surface area contributed by atoms with Gasteiger partial charge in [0.05, 0.1) is 12.8 Å². The highest BCUT2D eigenvalue weighted by Crippen LogP contribution is 2.43. The Balaban J connectivity index is 1.55. The van der Waals surface area contributed by atoms with Gasteiger partial charge in [0.2, 0.25) is 0 Å². The van der Waals surface area contributed by atoms with Gasteiger partial charge in [0.1, 0.15) is 5.60 Å². The van der Waals surface area contributed by atoms with E-state index >= 15 is 0 Å². The van der Waals surface area contributed by atoms with Crippen LogP contribution in [0.3, 0.4) is 0 Å². The maximum Gasteiger partial charge on any atom is 0.108 e. The van der Waals surface area contributed by atoms with Gasteiger partial charge in [-0.1, -0.05) is 24.3 Å². The van der Waals surface area contributed by atoms with Crippen LogP contribution >= 0.6 is 0 Å². The van der Waals surface area contributed by atoms with E-state index in [9.17, 15) is 0 Å². The van der Waals surface area contributed by atoms with E-state index in [0.717, 1.165) is 32.7 Å². The predicted molar refractivity (Wildman–Crippen MR) is 76.1 cm³/mol. The normalized spacial score (nSPS) is 25.4. The van der Waals surface area contributed by atoms with E-state index in [-0.39, 0.29) is 5.60 Å². The number of ether oxygens (including phenoxy) is 1. The highest BCUT2D eigenvalue weighted by molar-refractivity contribution is 5.36. The van der Waals surface area contributed by atoms with Gasteiger partial charge in [0.15, 0.2) is 0 Å². The molecular formula is C16H19N3O. The number of fused-ring (bicyclic) bond motifs is 2. The zero-order valence-electron chi connectivity index (χ0n) is 11.7. The van der Waals surface area contributed by atoms with E-state index in [1.165, 1.54) is 22.4 Å². The van der Waals surface area contributed by atoms with Gasteiger partial charge >= 0.3 is 0 Å². The van der Waals surface area contributed by atoms with Gasteiger partial charge in [-0.2, -0.15) is 5.10 Å². The third-order valence-electron chi connectivity index (χ3n) is 4.65. The number of rotatable bonds is 2. The van der Waals surface area contributed by atoms with Crippen molar-refractivity contribution in [3.8, 4) is 0 Å². The van der Waals surface area contributed by atoms with E-state index in [1.807, 2.05) is 6.20 Å². The minimum absolute atomic E-state index is 0.0752. The molecule has 0 bridgehead atoms. The number of aromatic nitrogens is 2. The van der Waals surface area contributed by atoms with E-state index < -0.39 is 0 Å². The third-order valence-corrected chi connectivity index (χ3v) is 4.65. The molecule has 4 nitrogen and oxygen atoms in total. The Morgan fingerprint density at radius 3 is 3.15 bits per heavy atom. The fraction of sp³-hybridized carbons (Fsp3) is 0.438. The van der Waals surface area contributed by atoms with Gasteiger partial charge in [-0.25, -0.2) is 0 Å². The van der Waals surface area contributed by atoms with Crippen LogP contribution in [0.5, 0.6) is 0 Å². The summed E-state index contributed by atoms with van der Waals surface area (Å²) in [5.74, 6) is 0. The quantitative estimate of drug-likeness (QED) is 0.910. The van der Waals surface area contributed by atoms with E-state index in [1.54, 1.807) is 0 Å². The average molecular weight is 269 g/mol. The van der Waals surface area contributed by atoms with Gasteiger partial charge in [-0.05, 0) is 24.5 Å². The summed E-state index contributed by atoms with van der Waals surface area (Å²) < 4.78 is 6.19. The van der Waals surface area contributed by atoms with Crippen molar-refractivity contribution in [2.24, 2.45) is 0 Å². The number of benzene rings is 1. The number of aromatic amines is 1. The van der Waals surface area contributed by atoms with Crippen LogP contribution in [0.25, 0.3) is 0 Å². The fourth-order valence-electron chi connectivity index (χ4n) is 3.49. The van der Waals surface area contributed by atoms with Gasteiger partial charge in [0.25, 0.3) is 0 Å². The molecule has 1 fully saturated rings. The largest absolute Gasteiger partial charge is 0.364 e. The van der Waals surface area contributed by atoms with Gasteiger partial charge in [-0.15, -0.1) is 0 Å². The molecule has 104 valence electrons. The van der Waals surface area contributed by atoms with Crippen LogP contribution in [0.2, 0.25) is 0 Å². The average Bonchev–Trinajstić information content (AvgIpc) is 3.15. The number of likely N-dealkylation sites (tertiary alicyclic amines) is 1. The zero-order valence-corrected chi connectivity index (χ0v) is 11.7. The Bertz CT molecular complexity index is 636. The first kappa shape index (κ1) is 12.1. The number of hydrogen-bond acceptors (Lipinski definition) is 3. The minimum atomic E-state index is -0.0752. The van der Waals surface area contributed by atoms with Crippen LogP contribution < -0.4 is 0 Å². The molecule has 1 atom stereocenters. The Kier molecular flexibility index (Phi) is 2.69. The van der Waals surface area contributed by atoms with Crippen molar-refractivity contribution in [1.29, 1.82) is 0 Å². The lowest BCUT2D eigenvalue weighted by atomic mass is 9.92. The monoisotopic (exact) mass is 269 g/mol. The van der Waals surface area contributed by atoms with Crippen LogP contribution in [0.4, 0.5) is 0 Å². The first-order valence-electron chi connectivity index (χ1n) is 7.20. The molecule has 1 N–H and O–H groups in total. The number of nitrogens with zero attached hydrogens (tertiary/aromatic N) is 2. The van der Waals surface area contributed by atoms with Crippen LogP contribution in [-0.2, 0) is 23.5 Å². The van der Waals surface area contributed by atoms with Crippen molar-refractivity contribution in [2.75, 3.05) is 13.1 Å². The zero-order chi connectivity index (χ0) is 13.6. The molecule has 2 aliphatic rings. The van der Waals surface area contributed by atoms with Gasteiger partial charge < -0.3 is 4.74 Å². The topological polar surface area (TPSA) is 41.2 Å². The molecule has 2 aliphatic heterocycles. The summed E-state index contributed by atoms with van der Waals surface area (Å²) in [6.45, 7) is 5.85. The number of H-pyrrole nitrogens is 1. The second-order valence-electron chi connectivity index (χ2n) is 5.92. The molecule has 2 aromatic rings. The SMILES string of the molecule is Cc1[nH]ncc1CN1CCC2(C1)OCc1ccccc12. The Labute approximate surface area is 118 Å². The summed E-state index contributed by atoms with van der Waals surface area (Å²) in [5, 5.41) is 7.12. The summed E-state index contributed by atoms with van der Waals surface area (Å²) in [4.78, 5) is 2.47. The van der Waals surface area contributed by atoms with Crippen molar-refractivity contribution in [3.63, 3.8) is 0 Å². The molecule has 0 radical (unpaired) electrons. The molecule has 0 saturated carbocycles. The van der Waals surface area contributed by atoms with Crippen molar-refractivity contribution >= 4 is 0 Å². The molecule has 1 aromatic carbocycles. The highest BCUT2D eigenvalue weighted by Gasteiger charge is 2.45. The number of aryl methyl sites for hydroxylation is 1. The lowest BCUT2D eigenvalue weighted by Gasteiger charge is -2.24. The molecule has 1 saturated heterocycles. The Morgan fingerprint density at radius 2 is 2.30 bits per heavy atom. The van der Waals surface area contributed by atoms with Crippen LogP contribution in [0.1, 0.15) is 28.8 Å². The summed E-state index contributed by atoms with van der Waals surface area (Å²) in [6.07, 6.45) is 3.02. The van der Waals surface area contributed by atoms with Crippen molar-refractivity contribution in [3.05, 3.63) is 52.8 Å². The second kappa shape index (κ2) is 4.43. The molecule has 4 rings (SSSR count). The van der Waals surface area contributed by atoms with E-state index in [0.29, 0.717) is 0 Å². The third kappa shape index (κ3) is 1.79. The van der Waals surface area contributed by atoms with Gasteiger partial charge in [-0.3, -0.25) is 10.00 Å². The molecule has 20 heavy (non-hydrogen) atoms. The molecular weight excluding hydrogens is 250 g/mol. The minimum Gasteiger partial charge on any atom is -0.364 e. The van der Waals surface area contributed by atoms with Crippen LogP contribution in [0, 0.1) is 6.92 Å². The Hall–Kier alpha value is -1.65. The van der Waals surface area contributed by atoms with Gasteiger partial charge in [0, 0.05) is 30.9 Å². The summed E-state index contributed by atoms with van der Waals surface area (Å²) in [5.41, 5.74) is 5.13. The van der Waals surface area contributed by atoms with Crippen molar-refractivity contribution in [1.82, 2.24) is 15.1 Å². The predicted octanol–water partition coefficient (Wildman–Crippen LogP) is 2.35. The molecule has 1 spiro atoms. The fourth-order valence-corrected chi connectivity index (χ4v) is 3.49. The summed E-state index contributed by atoms with van der Waals surface area (Å²) in [7, 11) is 0. The maximum atomic E-state index is 6.19. The first-order chi connectivity index (χ1) is 9.77. The molecule has 4 heteroatoms. The molecule has 1 aromatic heterocycles. The molecule has 0 aliphatic carbocycles. The molecule has 3 heterocycles. The summed E-state index contributed by atoms with van der Waals surface area (Å²) >= 11 is 0. The molecule has 0 amide bonds. The number of nitrogens with one attached hydrogen (secondary N) is 1. The van der Waals surface area contributed by atoms with E-state index in [4.69, 9.17) is 4.74 Å². The lowest BCUT2D eigenvalue weighted by molar-refractivity contribution is -0.0299. The second-order valence-corrected chi connectivity index (χ2v) is 5.92. The molecule has 1 unspecified atom stereocenters. The highest BCUT2D eigenvalue weighted by atomic mass is 16.5. The van der Waals surface area contributed by atoms with Crippen molar-refractivity contribution in [2.45, 2.75) is 32.1 Å². The van der Waals surface area contributed by atoms with Crippen molar-refractivity contribution < 1.29 is 4.74 Å². The Morgan fingerprint density at radius 1 is 1.40 bits per heavy atom. The smallest absolute Gasteiger partial charge is 0.108 e. The van der Waals surface area contributed by atoms with Crippen LogP contribution in [-0.4, -0.2) is 28.2 Å². The lowest BCUT2D eigenvalue weighted by Crippen LogP contribution is -2.30. The standard InChI is InChI=1S/C16H19N3O/c1-12-14(8-17-18-12)9-19-7-6-16(11-19)15-5-3-2-4-13(15)10-20-16/h2-5,8H,6-7,9-11H2,1H3,(H,17,18).